The van der Waals surface area contributed by atoms with Gasteiger partial charge in [0.05, 0.1) is 16.6 Å². The Balaban J connectivity index is 1.50. The zero-order chi connectivity index (χ0) is 21.9. The predicted octanol–water partition coefficient (Wildman–Crippen LogP) is 6.09. The largest absolute Gasteiger partial charge is 0.328 e. The minimum Gasteiger partial charge on any atom is -0.328 e. The Morgan fingerprint density at radius 2 is 1.56 bits per heavy atom. The van der Waals surface area contributed by atoms with Crippen LogP contribution >= 0.6 is 11.6 Å². The fraction of sp³-hybridized carbons (Fsp3) is 0.0741. The van der Waals surface area contributed by atoms with Gasteiger partial charge in [-0.15, -0.1) is 0 Å². The van der Waals surface area contributed by atoms with Crippen molar-refractivity contribution in [2.45, 2.75) is 12.8 Å². The van der Waals surface area contributed by atoms with Crippen LogP contribution in [0.25, 0.3) is 33.3 Å². The number of aromatic amines is 1. The lowest BCUT2D eigenvalue weighted by atomic mass is 9.96. The summed E-state index contributed by atoms with van der Waals surface area (Å²) in [5, 5.41) is 1.10. The van der Waals surface area contributed by atoms with Gasteiger partial charge in [-0.2, -0.15) is 0 Å². The first-order chi connectivity index (χ1) is 15.7. The molecule has 0 aliphatic heterocycles. The molecule has 0 saturated carbocycles. The van der Waals surface area contributed by atoms with Crippen molar-refractivity contribution in [1.29, 1.82) is 0 Å². The number of halogens is 1. The van der Waals surface area contributed by atoms with Gasteiger partial charge in [-0.3, -0.25) is 4.79 Å². The van der Waals surface area contributed by atoms with E-state index in [9.17, 15) is 4.79 Å². The average Bonchev–Trinajstić information content (AvgIpc) is 2.84. The van der Waals surface area contributed by atoms with E-state index in [-0.39, 0.29) is 5.56 Å². The van der Waals surface area contributed by atoms with E-state index in [0.29, 0.717) is 16.1 Å². The third-order valence-corrected chi connectivity index (χ3v) is 5.78. The molecule has 3 heterocycles. The molecular formula is C27H20ClN3O. The normalized spacial score (nSPS) is 11.0. The average molecular weight is 438 g/mol. The van der Waals surface area contributed by atoms with Crippen LogP contribution in [0.5, 0.6) is 0 Å². The molecule has 5 aromatic rings. The lowest BCUT2D eigenvalue weighted by molar-refractivity contribution is 0.950. The summed E-state index contributed by atoms with van der Waals surface area (Å²) in [7, 11) is 0. The number of fused-ring (bicyclic) bond motifs is 1. The van der Waals surface area contributed by atoms with Gasteiger partial charge in [-0.25, -0.2) is 9.97 Å². The van der Waals surface area contributed by atoms with E-state index in [1.54, 1.807) is 6.20 Å². The Bertz CT molecular complexity index is 1430. The lowest BCUT2D eigenvalue weighted by Crippen LogP contribution is -2.06. The van der Waals surface area contributed by atoms with E-state index in [4.69, 9.17) is 16.6 Å². The second-order valence-corrected chi connectivity index (χ2v) is 8.06. The quantitative estimate of drug-likeness (QED) is 0.338. The number of pyridine rings is 3. The molecule has 5 heteroatoms. The number of aryl methyl sites for hydroxylation is 2. The van der Waals surface area contributed by atoms with E-state index in [1.165, 1.54) is 5.56 Å². The first-order valence-corrected chi connectivity index (χ1v) is 10.8. The molecule has 2 aromatic carbocycles. The predicted molar refractivity (Wildman–Crippen MR) is 130 cm³/mol. The number of hydrogen-bond donors (Lipinski definition) is 1. The molecule has 0 aliphatic rings. The highest BCUT2D eigenvalue weighted by molar-refractivity contribution is 6.29. The second kappa shape index (κ2) is 8.77. The van der Waals surface area contributed by atoms with Crippen LogP contribution in [0.4, 0.5) is 0 Å². The van der Waals surface area contributed by atoms with Crippen molar-refractivity contribution in [3.63, 3.8) is 0 Å². The molecule has 5 rings (SSSR count). The molecule has 0 atom stereocenters. The number of H-pyrrole nitrogens is 1. The molecule has 0 unspecified atom stereocenters. The van der Waals surface area contributed by atoms with Crippen molar-refractivity contribution in [1.82, 2.24) is 15.0 Å². The molecule has 0 bridgehead atoms. The van der Waals surface area contributed by atoms with Crippen molar-refractivity contribution in [2.24, 2.45) is 0 Å². The number of rotatable bonds is 5. The van der Waals surface area contributed by atoms with Gasteiger partial charge in [0.1, 0.15) is 5.15 Å². The SMILES string of the molecule is O=c1[nH]ccc2nc(-c3ccc(CCc4ccc(Cl)nc4)cc3)c(-c3ccccc3)cc12. The zero-order valence-electron chi connectivity index (χ0n) is 17.3. The summed E-state index contributed by atoms with van der Waals surface area (Å²) in [5.74, 6) is 0. The summed E-state index contributed by atoms with van der Waals surface area (Å²) >= 11 is 5.87. The third-order valence-electron chi connectivity index (χ3n) is 5.56. The van der Waals surface area contributed by atoms with Crippen molar-refractivity contribution in [3.05, 3.63) is 118 Å². The summed E-state index contributed by atoms with van der Waals surface area (Å²) in [5.41, 5.74) is 6.79. The minimum atomic E-state index is -0.134. The van der Waals surface area contributed by atoms with Crippen molar-refractivity contribution in [3.8, 4) is 22.4 Å². The highest BCUT2D eigenvalue weighted by Gasteiger charge is 2.13. The fourth-order valence-corrected chi connectivity index (χ4v) is 3.95. The summed E-state index contributed by atoms with van der Waals surface area (Å²) in [6, 6.07) is 26.1. The fourth-order valence-electron chi connectivity index (χ4n) is 3.84. The maximum absolute atomic E-state index is 12.4. The van der Waals surface area contributed by atoms with Crippen LogP contribution in [-0.2, 0) is 12.8 Å². The summed E-state index contributed by atoms with van der Waals surface area (Å²) in [4.78, 5) is 24.1. The minimum absolute atomic E-state index is 0.134. The van der Waals surface area contributed by atoms with Gasteiger partial charge in [0.15, 0.2) is 0 Å². The molecule has 32 heavy (non-hydrogen) atoms. The van der Waals surface area contributed by atoms with E-state index >= 15 is 0 Å². The Hall–Kier alpha value is -3.76. The zero-order valence-corrected chi connectivity index (χ0v) is 18.0. The molecule has 0 fully saturated rings. The topological polar surface area (TPSA) is 58.6 Å². The van der Waals surface area contributed by atoms with Crippen LogP contribution in [-0.4, -0.2) is 15.0 Å². The Kier molecular flexibility index (Phi) is 5.53. The van der Waals surface area contributed by atoms with E-state index < -0.39 is 0 Å². The van der Waals surface area contributed by atoms with Gasteiger partial charge in [0.25, 0.3) is 5.56 Å². The molecule has 0 saturated heterocycles. The third kappa shape index (κ3) is 4.18. The first kappa shape index (κ1) is 20.2. The van der Waals surface area contributed by atoms with Crippen LogP contribution in [0.15, 0.2) is 96.1 Å². The van der Waals surface area contributed by atoms with Gasteiger partial charge in [-0.1, -0.05) is 72.3 Å². The number of hydrogen-bond acceptors (Lipinski definition) is 3. The summed E-state index contributed by atoms with van der Waals surface area (Å²) in [6.07, 6.45) is 5.27. The van der Waals surface area contributed by atoms with Crippen molar-refractivity contribution < 1.29 is 0 Å². The first-order valence-electron chi connectivity index (χ1n) is 10.4. The van der Waals surface area contributed by atoms with Gasteiger partial charge >= 0.3 is 0 Å². The van der Waals surface area contributed by atoms with Gasteiger partial charge < -0.3 is 4.98 Å². The smallest absolute Gasteiger partial charge is 0.257 e. The lowest BCUT2D eigenvalue weighted by Gasteiger charge is -2.12. The summed E-state index contributed by atoms with van der Waals surface area (Å²) in [6.45, 7) is 0. The number of benzene rings is 2. The monoisotopic (exact) mass is 437 g/mol. The Morgan fingerprint density at radius 1 is 0.812 bits per heavy atom. The van der Waals surface area contributed by atoms with Gasteiger partial charge in [0.2, 0.25) is 0 Å². The second-order valence-electron chi connectivity index (χ2n) is 7.68. The Labute approximate surface area is 190 Å². The van der Waals surface area contributed by atoms with Gasteiger partial charge in [0, 0.05) is 23.5 Å². The van der Waals surface area contributed by atoms with Crippen LogP contribution in [0, 0.1) is 0 Å². The van der Waals surface area contributed by atoms with Crippen molar-refractivity contribution >= 4 is 22.5 Å². The summed E-state index contributed by atoms with van der Waals surface area (Å²) < 4.78 is 0. The van der Waals surface area contributed by atoms with E-state index in [0.717, 1.165) is 40.8 Å². The molecule has 0 aliphatic carbocycles. The number of aromatic nitrogens is 3. The highest BCUT2D eigenvalue weighted by Crippen LogP contribution is 2.32. The molecular weight excluding hydrogens is 418 g/mol. The maximum atomic E-state index is 12.4. The van der Waals surface area contributed by atoms with Crippen molar-refractivity contribution in [2.75, 3.05) is 0 Å². The van der Waals surface area contributed by atoms with E-state index in [2.05, 4.69) is 34.2 Å². The molecule has 156 valence electrons. The molecule has 1 N–H and O–H groups in total. The number of nitrogens with one attached hydrogen (secondary N) is 1. The van der Waals surface area contributed by atoms with Crippen LogP contribution in [0.2, 0.25) is 5.15 Å². The molecule has 3 aromatic heterocycles. The van der Waals surface area contributed by atoms with Gasteiger partial charge in [-0.05, 0) is 47.7 Å². The van der Waals surface area contributed by atoms with Crippen LogP contribution in [0.3, 0.4) is 0 Å². The standard InChI is InChI=1S/C27H20ClN3O/c28-25-13-10-19(17-30-25)7-6-18-8-11-21(12-9-18)26-22(20-4-2-1-3-5-20)16-23-24(31-26)14-15-29-27(23)32/h1-5,8-17H,6-7H2,(H,29,32). The Morgan fingerprint density at radius 3 is 2.31 bits per heavy atom. The van der Waals surface area contributed by atoms with Crippen LogP contribution < -0.4 is 5.56 Å². The van der Waals surface area contributed by atoms with Crippen LogP contribution in [0.1, 0.15) is 11.1 Å². The highest BCUT2D eigenvalue weighted by atomic mass is 35.5. The van der Waals surface area contributed by atoms with E-state index in [1.807, 2.05) is 60.8 Å². The molecule has 0 amide bonds. The molecule has 4 nitrogen and oxygen atoms in total. The maximum Gasteiger partial charge on any atom is 0.257 e. The molecule has 0 spiro atoms. The number of nitrogens with zero attached hydrogens (tertiary/aromatic N) is 2. The molecule has 0 radical (unpaired) electrons.